The summed E-state index contributed by atoms with van der Waals surface area (Å²) >= 11 is 0. The van der Waals surface area contributed by atoms with Crippen LogP contribution >= 0.6 is 24.8 Å². The Labute approximate surface area is 187 Å². The highest BCUT2D eigenvalue weighted by Crippen LogP contribution is 2.22. The van der Waals surface area contributed by atoms with Crippen molar-refractivity contribution in [1.29, 1.82) is 0 Å². The zero-order valence-electron chi connectivity index (χ0n) is 17.3. The lowest BCUT2D eigenvalue weighted by atomic mass is 9.95. The second-order valence-electron chi connectivity index (χ2n) is 7.84. The van der Waals surface area contributed by atoms with E-state index in [1.54, 1.807) is 0 Å². The zero-order chi connectivity index (χ0) is 19.2. The normalized spacial score (nSPS) is 15.4. The van der Waals surface area contributed by atoms with Gasteiger partial charge in [-0.25, -0.2) is 0 Å². The van der Waals surface area contributed by atoms with Crippen molar-refractivity contribution < 1.29 is 4.79 Å². The third kappa shape index (κ3) is 7.31. The number of likely N-dealkylation sites (tertiary alicyclic amines) is 1. The third-order valence-corrected chi connectivity index (χ3v) is 5.49. The molecule has 0 aromatic heterocycles. The molecular formula is C23H33Cl2N3O. The van der Waals surface area contributed by atoms with Gasteiger partial charge < -0.3 is 15.5 Å². The zero-order valence-corrected chi connectivity index (χ0v) is 18.9. The summed E-state index contributed by atoms with van der Waals surface area (Å²) in [6, 6.07) is 18.0. The molecule has 0 saturated carbocycles. The number of aryl methyl sites for hydroxylation is 1. The van der Waals surface area contributed by atoms with E-state index in [2.05, 4.69) is 42.3 Å². The molecule has 29 heavy (non-hydrogen) atoms. The summed E-state index contributed by atoms with van der Waals surface area (Å²) in [6.07, 6.45) is 2.09. The number of carbonyl (C=O) groups excluding carboxylic acids is 1. The van der Waals surface area contributed by atoms with Gasteiger partial charge in [-0.2, -0.15) is 0 Å². The van der Waals surface area contributed by atoms with E-state index >= 15 is 0 Å². The Morgan fingerprint density at radius 1 is 1.07 bits per heavy atom. The lowest BCUT2D eigenvalue weighted by molar-refractivity contribution is -0.134. The molecule has 3 rings (SSSR count). The second kappa shape index (κ2) is 12.2. The highest BCUT2D eigenvalue weighted by Gasteiger charge is 2.27. The molecule has 160 valence electrons. The first-order chi connectivity index (χ1) is 13.0. The minimum atomic E-state index is -0.553. The van der Waals surface area contributed by atoms with Gasteiger partial charge in [0.05, 0.1) is 0 Å². The van der Waals surface area contributed by atoms with Crippen LogP contribution in [0.2, 0.25) is 0 Å². The van der Waals surface area contributed by atoms with Gasteiger partial charge >= 0.3 is 0 Å². The SMILES string of the molecule is Cc1ccc(C(N)C(=O)N2CCC(CN(C)Cc3ccccc3)CC2)cc1.Cl.Cl. The molecule has 2 N–H and O–H groups in total. The fourth-order valence-electron chi connectivity index (χ4n) is 3.85. The van der Waals surface area contributed by atoms with Crippen molar-refractivity contribution in [3.05, 3.63) is 71.3 Å². The number of hydrogen-bond acceptors (Lipinski definition) is 3. The molecule has 1 saturated heterocycles. The first kappa shape index (κ1) is 25.4. The number of amides is 1. The molecule has 1 amide bonds. The van der Waals surface area contributed by atoms with Gasteiger partial charge in [0.15, 0.2) is 0 Å². The molecule has 1 heterocycles. The largest absolute Gasteiger partial charge is 0.341 e. The van der Waals surface area contributed by atoms with Crippen molar-refractivity contribution in [2.75, 3.05) is 26.7 Å². The van der Waals surface area contributed by atoms with Crippen molar-refractivity contribution in [1.82, 2.24) is 9.80 Å². The highest BCUT2D eigenvalue weighted by molar-refractivity contribution is 5.85. The van der Waals surface area contributed by atoms with Crippen LogP contribution in [0.3, 0.4) is 0 Å². The molecule has 1 atom stereocenters. The van der Waals surface area contributed by atoms with E-state index < -0.39 is 6.04 Å². The Bertz CT molecular complexity index is 732. The molecule has 1 aliphatic heterocycles. The second-order valence-corrected chi connectivity index (χ2v) is 7.84. The van der Waals surface area contributed by atoms with E-state index in [0.29, 0.717) is 5.92 Å². The van der Waals surface area contributed by atoms with Crippen LogP contribution in [-0.2, 0) is 11.3 Å². The van der Waals surface area contributed by atoms with Crippen molar-refractivity contribution in [3.63, 3.8) is 0 Å². The number of nitrogens with two attached hydrogens (primary N) is 1. The van der Waals surface area contributed by atoms with Crippen LogP contribution in [0.15, 0.2) is 54.6 Å². The average molecular weight is 438 g/mol. The van der Waals surface area contributed by atoms with Crippen LogP contribution in [-0.4, -0.2) is 42.4 Å². The Kier molecular flexibility index (Phi) is 10.7. The summed E-state index contributed by atoms with van der Waals surface area (Å²) in [5, 5.41) is 0. The van der Waals surface area contributed by atoms with Crippen molar-refractivity contribution in [2.45, 2.75) is 32.4 Å². The first-order valence-electron chi connectivity index (χ1n) is 9.86. The molecule has 1 unspecified atom stereocenters. The van der Waals surface area contributed by atoms with E-state index in [0.717, 1.165) is 44.6 Å². The summed E-state index contributed by atoms with van der Waals surface area (Å²) in [5.74, 6) is 0.688. The van der Waals surface area contributed by atoms with Gasteiger partial charge in [0.25, 0.3) is 0 Å². The lowest BCUT2D eigenvalue weighted by Crippen LogP contribution is -2.44. The Morgan fingerprint density at radius 2 is 1.66 bits per heavy atom. The Hall–Kier alpha value is -1.59. The summed E-state index contributed by atoms with van der Waals surface area (Å²) in [6.45, 7) is 5.69. The maximum Gasteiger partial charge on any atom is 0.244 e. The number of carbonyl (C=O) groups is 1. The molecule has 0 radical (unpaired) electrons. The molecular weight excluding hydrogens is 405 g/mol. The lowest BCUT2D eigenvalue weighted by Gasteiger charge is -2.35. The smallest absolute Gasteiger partial charge is 0.244 e. The van der Waals surface area contributed by atoms with Crippen LogP contribution in [0.25, 0.3) is 0 Å². The topological polar surface area (TPSA) is 49.6 Å². The van der Waals surface area contributed by atoms with Crippen LogP contribution < -0.4 is 5.73 Å². The molecule has 6 heteroatoms. The number of piperidine rings is 1. The van der Waals surface area contributed by atoms with Crippen LogP contribution in [0.1, 0.15) is 35.6 Å². The quantitative estimate of drug-likeness (QED) is 0.735. The average Bonchev–Trinajstić information content (AvgIpc) is 2.69. The fourth-order valence-corrected chi connectivity index (χ4v) is 3.85. The van der Waals surface area contributed by atoms with Gasteiger partial charge in [0.1, 0.15) is 6.04 Å². The first-order valence-corrected chi connectivity index (χ1v) is 9.86. The molecule has 2 aromatic carbocycles. The van der Waals surface area contributed by atoms with Gasteiger partial charge in [0, 0.05) is 26.2 Å². The molecule has 0 spiro atoms. The molecule has 2 aromatic rings. The molecule has 0 bridgehead atoms. The minimum Gasteiger partial charge on any atom is -0.341 e. The Morgan fingerprint density at radius 3 is 2.24 bits per heavy atom. The minimum absolute atomic E-state index is 0. The summed E-state index contributed by atoms with van der Waals surface area (Å²) < 4.78 is 0. The van der Waals surface area contributed by atoms with E-state index in [-0.39, 0.29) is 30.7 Å². The van der Waals surface area contributed by atoms with Crippen LogP contribution in [0, 0.1) is 12.8 Å². The number of nitrogens with zero attached hydrogens (tertiary/aromatic N) is 2. The van der Waals surface area contributed by atoms with Gasteiger partial charge in [-0.05, 0) is 43.9 Å². The highest BCUT2D eigenvalue weighted by atomic mass is 35.5. The van der Waals surface area contributed by atoms with E-state index in [1.807, 2.05) is 36.1 Å². The van der Waals surface area contributed by atoms with Crippen molar-refractivity contribution in [2.24, 2.45) is 11.7 Å². The van der Waals surface area contributed by atoms with Crippen LogP contribution in [0.5, 0.6) is 0 Å². The van der Waals surface area contributed by atoms with Gasteiger partial charge in [-0.15, -0.1) is 24.8 Å². The van der Waals surface area contributed by atoms with Crippen molar-refractivity contribution >= 4 is 30.7 Å². The van der Waals surface area contributed by atoms with Gasteiger partial charge in [-0.3, -0.25) is 4.79 Å². The maximum absolute atomic E-state index is 12.7. The number of halogens is 2. The standard InChI is InChI=1S/C23H31N3O.2ClH/c1-18-8-10-21(11-9-18)22(24)23(27)26-14-12-20(13-15-26)17-25(2)16-19-6-4-3-5-7-19;;/h3-11,20,22H,12-17,24H2,1-2H3;2*1H. The molecule has 1 aliphatic rings. The fraction of sp³-hybridized carbons (Fsp3) is 0.435. The van der Waals surface area contributed by atoms with E-state index in [1.165, 1.54) is 11.1 Å². The molecule has 1 fully saturated rings. The summed E-state index contributed by atoms with van der Waals surface area (Å²) in [4.78, 5) is 17.1. The predicted octanol–water partition coefficient (Wildman–Crippen LogP) is 4.21. The van der Waals surface area contributed by atoms with Crippen LogP contribution in [0.4, 0.5) is 0 Å². The number of rotatable bonds is 6. The predicted molar refractivity (Wildman–Crippen MR) is 125 cm³/mol. The maximum atomic E-state index is 12.7. The molecule has 4 nitrogen and oxygen atoms in total. The Balaban J connectivity index is 0.00000210. The van der Waals surface area contributed by atoms with Gasteiger partial charge in [0.2, 0.25) is 5.91 Å². The summed E-state index contributed by atoms with van der Waals surface area (Å²) in [7, 11) is 2.18. The van der Waals surface area contributed by atoms with Gasteiger partial charge in [-0.1, -0.05) is 60.2 Å². The monoisotopic (exact) mass is 437 g/mol. The summed E-state index contributed by atoms with van der Waals surface area (Å²) in [5.41, 5.74) is 9.64. The van der Waals surface area contributed by atoms with E-state index in [4.69, 9.17) is 5.73 Å². The molecule has 0 aliphatic carbocycles. The van der Waals surface area contributed by atoms with Crippen molar-refractivity contribution in [3.8, 4) is 0 Å². The third-order valence-electron chi connectivity index (χ3n) is 5.49. The number of benzene rings is 2. The van der Waals surface area contributed by atoms with E-state index in [9.17, 15) is 4.79 Å². The number of hydrogen-bond donors (Lipinski definition) is 1.